The topological polar surface area (TPSA) is 94.1 Å². The number of aromatic nitrogens is 1. The molecule has 1 heterocycles. The highest BCUT2D eigenvalue weighted by molar-refractivity contribution is 5.99. The molecule has 0 aliphatic carbocycles. The number of pyridine rings is 1. The summed E-state index contributed by atoms with van der Waals surface area (Å²) < 4.78 is 0. The molecule has 0 aliphatic heterocycles. The zero-order chi connectivity index (χ0) is 13.7. The molecule has 0 saturated carbocycles. The number of hydrogen-bond donors (Lipinski definition) is 2. The van der Waals surface area contributed by atoms with Crippen LogP contribution in [0, 0.1) is 10.1 Å². The van der Waals surface area contributed by atoms with Crippen LogP contribution in [0.4, 0.5) is 11.4 Å². The molecular formula is C13H16N4O2. The van der Waals surface area contributed by atoms with Crippen molar-refractivity contribution in [3.05, 3.63) is 40.7 Å². The monoisotopic (exact) mass is 260 g/mol. The van der Waals surface area contributed by atoms with Crippen LogP contribution in [-0.2, 0) is 0 Å². The number of benzene rings is 1. The minimum Gasteiger partial charge on any atom is -0.385 e. The largest absolute Gasteiger partial charge is 0.385 e. The van der Waals surface area contributed by atoms with Gasteiger partial charge in [0, 0.05) is 36.1 Å². The second-order valence-electron chi connectivity index (χ2n) is 4.23. The Balaban J connectivity index is 2.30. The van der Waals surface area contributed by atoms with Crippen LogP contribution >= 0.6 is 0 Å². The van der Waals surface area contributed by atoms with E-state index in [9.17, 15) is 10.1 Å². The molecule has 0 fully saturated rings. The number of nitro groups is 1. The van der Waals surface area contributed by atoms with E-state index in [4.69, 9.17) is 5.73 Å². The van der Waals surface area contributed by atoms with Crippen molar-refractivity contribution >= 4 is 22.1 Å². The fourth-order valence-corrected chi connectivity index (χ4v) is 1.98. The van der Waals surface area contributed by atoms with Crippen molar-refractivity contribution in [3.8, 4) is 0 Å². The van der Waals surface area contributed by atoms with Gasteiger partial charge in [-0.2, -0.15) is 0 Å². The van der Waals surface area contributed by atoms with Crippen LogP contribution in [0.25, 0.3) is 10.8 Å². The van der Waals surface area contributed by atoms with E-state index in [1.807, 2.05) is 0 Å². The molecule has 0 bridgehead atoms. The Morgan fingerprint density at radius 1 is 1.26 bits per heavy atom. The van der Waals surface area contributed by atoms with Crippen LogP contribution in [0.15, 0.2) is 30.6 Å². The zero-order valence-electron chi connectivity index (χ0n) is 10.5. The van der Waals surface area contributed by atoms with Gasteiger partial charge >= 0.3 is 0 Å². The molecule has 0 unspecified atom stereocenters. The Morgan fingerprint density at radius 3 is 2.84 bits per heavy atom. The number of nitro benzene ring substituents is 1. The molecule has 100 valence electrons. The molecular weight excluding hydrogens is 244 g/mol. The van der Waals surface area contributed by atoms with Crippen LogP contribution in [0.5, 0.6) is 0 Å². The normalized spacial score (nSPS) is 10.6. The lowest BCUT2D eigenvalue weighted by Crippen LogP contribution is -2.06. The number of unbranched alkanes of at least 4 members (excludes halogenated alkanes) is 1. The molecule has 0 spiro atoms. The maximum atomic E-state index is 11.0. The Bertz CT molecular complexity index is 586. The third kappa shape index (κ3) is 2.97. The minimum atomic E-state index is -0.387. The molecule has 0 radical (unpaired) electrons. The predicted octanol–water partition coefficient (Wildman–Crippen LogP) is 2.29. The fraction of sp³-hybridized carbons (Fsp3) is 0.308. The average Bonchev–Trinajstić information content (AvgIpc) is 2.43. The molecule has 19 heavy (non-hydrogen) atoms. The summed E-state index contributed by atoms with van der Waals surface area (Å²) in [6.45, 7) is 1.47. The number of rotatable bonds is 6. The van der Waals surface area contributed by atoms with Crippen molar-refractivity contribution in [3.63, 3.8) is 0 Å². The molecule has 0 aliphatic rings. The van der Waals surface area contributed by atoms with Crippen LogP contribution in [0.2, 0.25) is 0 Å². The van der Waals surface area contributed by atoms with Crippen molar-refractivity contribution in [2.75, 3.05) is 18.4 Å². The van der Waals surface area contributed by atoms with E-state index in [2.05, 4.69) is 10.3 Å². The van der Waals surface area contributed by atoms with Gasteiger partial charge in [-0.15, -0.1) is 0 Å². The number of anilines is 1. The van der Waals surface area contributed by atoms with Crippen molar-refractivity contribution < 1.29 is 4.92 Å². The third-order valence-corrected chi connectivity index (χ3v) is 2.94. The van der Waals surface area contributed by atoms with Gasteiger partial charge in [0.25, 0.3) is 5.69 Å². The Morgan fingerprint density at radius 2 is 2.11 bits per heavy atom. The highest BCUT2D eigenvalue weighted by Crippen LogP contribution is 2.30. The summed E-state index contributed by atoms with van der Waals surface area (Å²) in [6.07, 6.45) is 5.09. The SMILES string of the molecule is NCCCCNc1ccc([N+](=O)[O-])c2cnccc12. The lowest BCUT2D eigenvalue weighted by Gasteiger charge is -2.09. The molecule has 6 heteroatoms. The molecule has 1 aromatic carbocycles. The Hall–Kier alpha value is -2.21. The van der Waals surface area contributed by atoms with Gasteiger partial charge in [0.2, 0.25) is 0 Å². The smallest absolute Gasteiger partial charge is 0.278 e. The number of nitrogens with zero attached hydrogens (tertiary/aromatic N) is 2. The molecule has 0 atom stereocenters. The summed E-state index contributed by atoms with van der Waals surface area (Å²) in [4.78, 5) is 14.5. The van der Waals surface area contributed by atoms with Gasteiger partial charge in [0.1, 0.15) is 0 Å². The number of fused-ring (bicyclic) bond motifs is 1. The van der Waals surface area contributed by atoms with Crippen LogP contribution < -0.4 is 11.1 Å². The summed E-state index contributed by atoms with van der Waals surface area (Å²) in [7, 11) is 0. The molecule has 2 aromatic rings. The summed E-state index contributed by atoms with van der Waals surface area (Å²) in [6, 6.07) is 5.03. The Labute approximate surface area is 110 Å². The quantitative estimate of drug-likeness (QED) is 0.472. The van der Waals surface area contributed by atoms with E-state index in [1.54, 1.807) is 18.3 Å². The first-order valence-corrected chi connectivity index (χ1v) is 6.19. The van der Waals surface area contributed by atoms with Gasteiger partial charge in [0.05, 0.1) is 10.3 Å². The standard InChI is InChI=1S/C13H16N4O2/c14-6-1-2-7-16-12-3-4-13(17(18)19)11-9-15-8-5-10(11)12/h3-5,8-9,16H,1-2,6-7,14H2. The number of hydrogen-bond acceptors (Lipinski definition) is 5. The molecule has 6 nitrogen and oxygen atoms in total. The van der Waals surface area contributed by atoms with Gasteiger partial charge in [-0.1, -0.05) is 0 Å². The van der Waals surface area contributed by atoms with E-state index < -0.39 is 0 Å². The first kappa shape index (κ1) is 13.2. The molecule has 0 saturated heterocycles. The van der Waals surface area contributed by atoms with Crippen molar-refractivity contribution in [1.82, 2.24) is 4.98 Å². The van der Waals surface area contributed by atoms with Crippen molar-refractivity contribution in [2.45, 2.75) is 12.8 Å². The molecule has 3 N–H and O–H groups in total. The fourth-order valence-electron chi connectivity index (χ4n) is 1.98. The van der Waals surface area contributed by atoms with E-state index in [-0.39, 0.29) is 10.6 Å². The van der Waals surface area contributed by atoms with Crippen LogP contribution in [-0.4, -0.2) is 23.0 Å². The number of nitrogens with two attached hydrogens (primary N) is 1. The van der Waals surface area contributed by atoms with Crippen molar-refractivity contribution in [2.24, 2.45) is 5.73 Å². The lowest BCUT2D eigenvalue weighted by atomic mass is 10.1. The average molecular weight is 260 g/mol. The maximum absolute atomic E-state index is 11.0. The molecule has 2 rings (SSSR count). The first-order valence-electron chi connectivity index (χ1n) is 6.19. The highest BCUT2D eigenvalue weighted by Gasteiger charge is 2.13. The molecule has 1 aromatic heterocycles. The minimum absolute atomic E-state index is 0.0793. The summed E-state index contributed by atoms with van der Waals surface area (Å²) in [5, 5.41) is 15.6. The first-order chi connectivity index (χ1) is 9.24. The van der Waals surface area contributed by atoms with Crippen LogP contribution in [0.1, 0.15) is 12.8 Å². The van der Waals surface area contributed by atoms with Gasteiger partial charge in [-0.05, 0) is 31.5 Å². The van der Waals surface area contributed by atoms with Gasteiger partial charge in [-0.3, -0.25) is 15.1 Å². The lowest BCUT2D eigenvalue weighted by molar-refractivity contribution is -0.383. The van der Waals surface area contributed by atoms with Crippen LogP contribution in [0.3, 0.4) is 0 Å². The van der Waals surface area contributed by atoms with E-state index in [0.717, 1.165) is 30.5 Å². The highest BCUT2D eigenvalue weighted by atomic mass is 16.6. The third-order valence-electron chi connectivity index (χ3n) is 2.94. The van der Waals surface area contributed by atoms with Gasteiger partial charge in [0.15, 0.2) is 0 Å². The van der Waals surface area contributed by atoms with E-state index in [0.29, 0.717) is 11.9 Å². The van der Waals surface area contributed by atoms with E-state index >= 15 is 0 Å². The van der Waals surface area contributed by atoms with E-state index in [1.165, 1.54) is 12.3 Å². The second kappa shape index (κ2) is 6.10. The summed E-state index contributed by atoms with van der Waals surface area (Å²) in [5.41, 5.74) is 6.41. The molecule has 0 amide bonds. The summed E-state index contributed by atoms with van der Waals surface area (Å²) >= 11 is 0. The zero-order valence-corrected chi connectivity index (χ0v) is 10.5. The number of nitrogens with one attached hydrogen (secondary N) is 1. The van der Waals surface area contributed by atoms with Gasteiger partial charge in [-0.25, -0.2) is 0 Å². The van der Waals surface area contributed by atoms with Gasteiger partial charge < -0.3 is 11.1 Å². The predicted molar refractivity (Wildman–Crippen MR) is 75.2 cm³/mol. The summed E-state index contributed by atoms with van der Waals surface area (Å²) in [5.74, 6) is 0. The number of non-ortho nitro benzene ring substituents is 1. The maximum Gasteiger partial charge on any atom is 0.278 e. The van der Waals surface area contributed by atoms with Crippen molar-refractivity contribution in [1.29, 1.82) is 0 Å². The second-order valence-corrected chi connectivity index (χ2v) is 4.23. The Kier molecular flexibility index (Phi) is 4.25.